The molecule has 1 heterocycles. The van der Waals surface area contributed by atoms with Crippen molar-refractivity contribution in [2.75, 3.05) is 6.61 Å². The number of thiazole rings is 1. The van der Waals surface area contributed by atoms with E-state index in [1.165, 1.54) is 19.3 Å². The van der Waals surface area contributed by atoms with Crippen LogP contribution in [0.1, 0.15) is 31.2 Å². The molecule has 0 bridgehead atoms. The van der Waals surface area contributed by atoms with Crippen molar-refractivity contribution in [1.29, 1.82) is 0 Å². The molecule has 1 saturated carbocycles. The van der Waals surface area contributed by atoms with E-state index in [1.807, 2.05) is 0 Å². The van der Waals surface area contributed by atoms with Crippen LogP contribution in [0.3, 0.4) is 0 Å². The van der Waals surface area contributed by atoms with Crippen LogP contribution in [0.5, 0.6) is 5.75 Å². The van der Waals surface area contributed by atoms with Crippen molar-refractivity contribution in [2.45, 2.75) is 32.1 Å². The Morgan fingerprint density at radius 2 is 2.21 bits per heavy atom. The van der Waals surface area contributed by atoms with E-state index < -0.39 is 5.92 Å². The van der Waals surface area contributed by atoms with Gasteiger partial charge in [-0.2, -0.15) is 8.78 Å². The molecule has 0 atom stereocenters. The maximum atomic E-state index is 13.2. The molecular weight excluding hydrogens is 268 g/mol. The van der Waals surface area contributed by atoms with E-state index in [0.717, 1.165) is 35.3 Å². The second-order valence-corrected chi connectivity index (χ2v) is 6.18. The first-order chi connectivity index (χ1) is 9.02. The first-order valence-electron chi connectivity index (χ1n) is 6.44. The van der Waals surface area contributed by atoms with Gasteiger partial charge in [-0.3, -0.25) is 0 Å². The van der Waals surface area contributed by atoms with Gasteiger partial charge in [0, 0.05) is 6.92 Å². The van der Waals surface area contributed by atoms with E-state index in [-0.39, 0.29) is 5.01 Å². The molecule has 1 aliphatic carbocycles. The van der Waals surface area contributed by atoms with Gasteiger partial charge in [0.05, 0.1) is 16.8 Å². The Morgan fingerprint density at radius 1 is 1.42 bits per heavy atom. The molecule has 0 saturated heterocycles. The molecule has 1 fully saturated rings. The fourth-order valence-electron chi connectivity index (χ4n) is 2.06. The van der Waals surface area contributed by atoms with Crippen LogP contribution in [0, 0.1) is 5.92 Å². The maximum absolute atomic E-state index is 13.2. The molecule has 1 aliphatic rings. The van der Waals surface area contributed by atoms with Gasteiger partial charge in [-0.05, 0) is 37.0 Å². The Balaban J connectivity index is 1.79. The summed E-state index contributed by atoms with van der Waals surface area (Å²) in [5, 5.41) is -0.140. The number of aromatic nitrogens is 1. The zero-order valence-electron chi connectivity index (χ0n) is 10.7. The van der Waals surface area contributed by atoms with Crippen LogP contribution < -0.4 is 4.74 Å². The molecule has 0 N–H and O–H groups in total. The van der Waals surface area contributed by atoms with E-state index in [4.69, 9.17) is 4.74 Å². The summed E-state index contributed by atoms with van der Waals surface area (Å²) in [5.74, 6) is -1.47. The minimum absolute atomic E-state index is 0.140. The number of ether oxygens (including phenoxy) is 1. The number of halogens is 2. The van der Waals surface area contributed by atoms with Gasteiger partial charge in [-0.15, -0.1) is 11.3 Å². The summed E-state index contributed by atoms with van der Waals surface area (Å²) in [5.41, 5.74) is 0.609. The molecule has 3 rings (SSSR count). The fourth-order valence-corrected chi connectivity index (χ4v) is 2.98. The summed E-state index contributed by atoms with van der Waals surface area (Å²) in [6, 6.07) is 5.36. The van der Waals surface area contributed by atoms with Crippen molar-refractivity contribution in [3.63, 3.8) is 0 Å². The molecule has 2 aromatic rings. The van der Waals surface area contributed by atoms with Gasteiger partial charge < -0.3 is 4.74 Å². The van der Waals surface area contributed by atoms with Gasteiger partial charge in [0.1, 0.15) is 5.75 Å². The van der Waals surface area contributed by atoms with E-state index >= 15 is 0 Å². The van der Waals surface area contributed by atoms with Crippen LogP contribution in [0.4, 0.5) is 8.78 Å². The molecule has 0 aliphatic heterocycles. The van der Waals surface area contributed by atoms with Gasteiger partial charge in [-0.1, -0.05) is 6.42 Å². The Bertz CT molecular complexity index is 587. The zero-order valence-corrected chi connectivity index (χ0v) is 11.5. The topological polar surface area (TPSA) is 22.1 Å². The molecule has 2 nitrogen and oxygen atoms in total. The lowest BCUT2D eigenvalue weighted by atomic mass is 9.86. The normalized spacial score (nSPS) is 16.6. The molecule has 102 valence electrons. The lowest BCUT2D eigenvalue weighted by Crippen LogP contribution is -2.19. The molecule has 5 heteroatoms. The highest BCUT2D eigenvalue weighted by Gasteiger charge is 2.28. The number of benzene rings is 1. The number of fused-ring (bicyclic) bond motifs is 1. The maximum Gasteiger partial charge on any atom is 0.296 e. The summed E-state index contributed by atoms with van der Waals surface area (Å²) >= 11 is 1.03. The summed E-state index contributed by atoms with van der Waals surface area (Å²) in [4.78, 5) is 3.96. The van der Waals surface area contributed by atoms with Gasteiger partial charge in [0.15, 0.2) is 5.01 Å². The summed E-state index contributed by atoms with van der Waals surface area (Å²) in [7, 11) is 0. The fraction of sp³-hybridized carbons (Fsp3) is 0.500. The van der Waals surface area contributed by atoms with Crippen LogP contribution in [0.25, 0.3) is 10.2 Å². The molecule has 0 unspecified atom stereocenters. The predicted molar refractivity (Wildman–Crippen MR) is 72.0 cm³/mol. The third-order valence-electron chi connectivity index (χ3n) is 3.45. The summed E-state index contributed by atoms with van der Waals surface area (Å²) in [6.07, 6.45) is 3.75. The minimum Gasteiger partial charge on any atom is -0.493 e. The van der Waals surface area contributed by atoms with E-state index in [0.29, 0.717) is 11.4 Å². The number of hydrogen-bond acceptors (Lipinski definition) is 3. The molecule has 0 spiro atoms. The average molecular weight is 283 g/mol. The van der Waals surface area contributed by atoms with Crippen LogP contribution in [-0.2, 0) is 5.92 Å². The Labute approximate surface area is 114 Å². The van der Waals surface area contributed by atoms with Gasteiger partial charge in [0.25, 0.3) is 5.92 Å². The van der Waals surface area contributed by atoms with Crippen molar-refractivity contribution in [3.8, 4) is 5.75 Å². The summed E-state index contributed by atoms with van der Waals surface area (Å²) < 4.78 is 32.9. The monoisotopic (exact) mass is 283 g/mol. The molecule has 19 heavy (non-hydrogen) atoms. The van der Waals surface area contributed by atoms with Crippen molar-refractivity contribution >= 4 is 21.6 Å². The SMILES string of the molecule is CC(F)(F)c1nc2ccc(OCC3CCC3)cc2s1. The quantitative estimate of drug-likeness (QED) is 0.819. The first-order valence-corrected chi connectivity index (χ1v) is 7.26. The van der Waals surface area contributed by atoms with Gasteiger partial charge in [-0.25, -0.2) is 4.98 Å². The van der Waals surface area contributed by atoms with Crippen LogP contribution in [0.2, 0.25) is 0 Å². The highest BCUT2D eigenvalue weighted by atomic mass is 32.1. The number of alkyl halides is 2. The van der Waals surface area contributed by atoms with Crippen molar-refractivity contribution in [2.24, 2.45) is 5.92 Å². The Hall–Kier alpha value is -1.23. The van der Waals surface area contributed by atoms with Gasteiger partial charge in [0.2, 0.25) is 0 Å². The first kappa shape index (κ1) is 12.8. The third-order valence-corrected chi connectivity index (χ3v) is 4.64. The largest absolute Gasteiger partial charge is 0.493 e. The smallest absolute Gasteiger partial charge is 0.296 e. The average Bonchev–Trinajstić information content (AvgIpc) is 2.69. The van der Waals surface area contributed by atoms with Crippen LogP contribution in [-0.4, -0.2) is 11.6 Å². The van der Waals surface area contributed by atoms with Crippen molar-refractivity contribution < 1.29 is 13.5 Å². The van der Waals surface area contributed by atoms with E-state index in [1.54, 1.807) is 18.2 Å². The van der Waals surface area contributed by atoms with Crippen LogP contribution in [0.15, 0.2) is 18.2 Å². The lowest BCUT2D eigenvalue weighted by Gasteiger charge is -2.25. The highest BCUT2D eigenvalue weighted by Crippen LogP contribution is 2.35. The van der Waals surface area contributed by atoms with E-state index in [9.17, 15) is 8.78 Å². The van der Waals surface area contributed by atoms with Crippen molar-refractivity contribution in [3.05, 3.63) is 23.2 Å². The zero-order chi connectivity index (χ0) is 13.5. The molecular formula is C14H15F2NOS. The lowest BCUT2D eigenvalue weighted by molar-refractivity contribution is 0.0174. The molecule has 1 aromatic heterocycles. The third kappa shape index (κ3) is 2.71. The second-order valence-electron chi connectivity index (χ2n) is 5.14. The van der Waals surface area contributed by atoms with Crippen LogP contribution >= 0.6 is 11.3 Å². The van der Waals surface area contributed by atoms with Crippen molar-refractivity contribution in [1.82, 2.24) is 4.98 Å². The Kier molecular flexibility index (Phi) is 3.17. The predicted octanol–water partition coefficient (Wildman–Crippen LogP) is 4.59. The van der Waals surface area contributed by atoms with Gasteiger partial charge >= 0.3 is 0 Å². The highest BCUT2D eigenvalue weighted by molar-refractivity contribution is 7.18. The number of rotatable bonds is 4. The molecule has 1 aromatic carbocycles. The number of hydrogen-bond donors (Lipinski definition) is 0. The standard InChI is InChI=1S/C14H15F2NOS/c1-14(15,16)13-17-11-6-5-10(7-12(11)19-13)18-8-9-3-2-4-9/h5-7,9H,2-4,8H2,1H3. The summed E-state index contributed by atoms with van der Waals surface area (Å²) in [6.45, 7) is 1.60. The second kappa shape index (κ2) is 4.71. The molecule has 0 radical (unpaired) electrons. The van der Waals surface area contributed by atoms with E-state index in [2.05, 4.69) is 4.98 Å². The number of nitrogens with zero attached hydrogens (tertiary/aromatic N) is 1. The minimum atomic E-state index is -2.88. The Morgan fingerprint density at radius 3 is 2.84 bits per heavy atom. The molecule has 0 amide bonds.